The number of benzene rings is 4. The zero-order valence-electron chi connectivity index (χ0n) is 37.3. The number of barbiturate groups is 1. The summed E-state index contributed by atoms with van der Waals surface area (Å²) in [5.41, 5.74) is 5.10. The summed E-state index contributed by atoms with van der Waals surface area (Å²) in [6, 6.07) is 25.8. The summed E-state index contributed by atoms with van der Waals surface area (Å²) in [5, 5.41) is 9.60. The van der Waals surface area contributed by atoms with Crippen molar-refractivity contribution >= 4 is 73.3 Å². The van der Waals surface area contributed by atoms with Crippen LogP contribution in [0.4, 0.5) is 4.79 Å². The number of nitrogens with zero attached hydrogens (tertiary/aromatic N) is 4. The van der Waals surface area contributed by atoms with E-state index in [2.05, 4.69) is 134 Å². The maximum absolute atomic E-state index is 14.8. The van der Waals surface area contributed by atoms with E-state index < -0.39 is 23.9 Å². The van der Waals surface area contributed by atoms with Gasteiger partial charge in [-0.3, -0.25) is 19.4 Å². The first-order valence-corrected chi connectivity index (χ1v) is 23.0. The quantitative estimate of drug-likeness (QED) is 0.0812. The summed E-state index contributed by atoms with van der Waals surface area (Å²) < 4.78 is 4.98. The second-order valence-corrected chi connectivity index (χ2v) is 17.7. The number of amides is 4. The largest absolute Gasteiger partial charge is 0.338 e. The Morgan fingerprint density at radius 1 is 0.557 bits per heavy atom. The highest BCUT2D eigenvalue weighted by Crippen LogP contribution is 2.41. The molecule has 0 radical (unpaired) electrons. The smallest absolute Gasteiger partial charge is 0.334 e. The van der Waals surface area contributed by atoms with Gasteiger partial charge in [-0.05, 0) is 112 Å². The van der Waals surface area contributed by atoms with Gasteiger partial charge in [-0.15, -0.1) is 0 Å². The van der Waals surface area contributed by atoms with E-state index in [1.807, 2.05) is 20.8 Å². The normalized spacial score (nSPS) is 18.5. The van der Waals surface area contributed by atoms with E-state index in [9.17, 15) is 14.4 Å². The number of allylic oxidation sites excluding steroid dienone is 5. The Labute approximate surface area is 360 Å². The van der Waals surface area contributed by atoms with Crippen LogP contribution >= 0.6 is 0 Å². The van der Waals surface area contributed by atoms with Crippen LogP contribution in [0, 0.1) is 0 Å². The molecule has 6 aromatic rings. The third-order valence-corrected chi connectivity index (χ3v) is 13.2. The van der Waals surface area contributed by atoms with Gasteiger partial charge in [0, 0.05) is 67.9 Å². The third kappa shape index (κ3) is 7.44. The zero-order chi connectivity index (χ0) is 42.9. The molecule has 4 aromatic carbocycles. The summed E-state index contributed by atoms with van der Waals surface area (Å²) in [6.45, 7) is 15.1. The van der Waals surface area contributed by atoms with Gasteiger partial charge >= 0.3 is 6.03 Å². The van der Waals surface area contributed by atoms with E-state index in [0.29, 0.717) is 24.8 Å². The molecule has 0 N–H and O–H groups in total. The minimum absolute atomic E-state index is 0.103. The SMILES string of the molecule is CCCCC(C)n1/c(=C/C=C2\CC/C(=C\C=c3/c4cccc5cccc(c54)n3C(C)CCCC)C2=C2C(=O)N(CCCC)C(=O)N(C(C)C)C2=O)c2cccc3cccc1c32. The lowest BCUT2D eigenvalue weighted by Crippen LogP contribution is -2.58. The number of carbonyl (C=O) groups is 3. The molecule has 7 heteroatoms. The van der Waals surface area contributed by atoms with Crippen LogP contribution in [0.2, 0.25) is 0 Å². The van der Waals surface area contributed by atoms with Crippen molar-refractivity contribution in [2.45, 2.75) is 131 Å². The lowest BCUT2D eigenvalue weighted by molar-refractivity contribution is -0.137. The Kier molecular flexibility index (Phi) is 12.2. The summed E-state index contributed by atoms with van der Waals surface area (Å²) >= 11 is 0. The lowest BCUT2D eigenvalue weighted by Gasteiger charge is -2.37. The number of urea groups is 1. The molecule has 7 nitrogen and oxygen atoms in total. The molecule has 0 bridgehead atoms. The molecular weight excluding hydrogens is 753 g/mol. The molecule has 2 atom stereocenters. The Bertz CT molecular complexity index is 2690. The first kappa shape index (κ1) is 42.0. The highest BCUT2D eigenvalue weighted by Gasteiger charge is 2.45. The first-order chi connectivity index (χ1) is 29.6. The number of hydrogen-bond donors (Lipinski definition) is 0. The molecule has 4 amide bonds. The van der Waals surface area contributed by atoms with Crippen molar-refractivity contribution in [3.63, 3.8) is 0 Å². The maximum atomic E-state index is 14.8. The first-order valence-electron chi connectivity index (χ1n) is 23.0. The van der Waals surface area contributed by atoms with E-state index >= 15 is 0 Å². The molecule has 3 heterocycles. The van der Waals surface area contributed by atoms with Gasteiger partial charge < -0.3 is 9.13 Å². The Morgan fingerprint density at radius 3 is 1.46 bits per heavy atom. The van der Waals surface area contributed by atoms with Crippen LogP contribution < -0.4 is 10.7 Å². The van der Waals surface area contributed by atoms with Gasteiger partial charge in [0.25, 0.3) is 11.8 Å². The molecular formula is C54H62N4O3. The molecule has 316 valence electrons. The summed E-state index contributed by atoms with van der Waals surface area (Å²) in [7, 11) is 0. The van der Waals surface area contributed by atoms with Gasteiger partial charge in [-0.1, -0.05) is 126 Å². The van der Waals surface area contributed by atoms with Crippen LogP contribution in [-0.4, -0.2) is 49.4 Å². The average Bonchev–Trinajstić information content (AvgIpc) is 3.91. The molecule has 2 aliphatic rings. The Balaban J connectivity index is 1.39. The number of hydrogen-bond acceptors (Lipinski definition) is 3. The van der Waals surface area contributed by atoms with Crippen molar-refractivity contribution in [1.29, 1.82) is 0 Å². The standard InChI is InChI=1S/C54H62N4O3/c1-8-11-18-36(6)57-44(42-24-14-20-38-22-16-26-46(57)49(38)42)32-30-40-28-29-41(48(40)51-52(59)55(34-13-10-3)54(61)56(35(4)5)53(51)60)31-33-45-43-25-15-21-39-23-17-27-47(50(39)43)58(45)37(7)19-12-9-2/h14-17,20-27,30-33,35-37H,8-13,18-19,28-29,34H2,1-7H3/b40-30+,41-31+,44-32+,45-33+,51-48?. The third-order valence-electron chi connectivity index (χ3n) is 13.2. The van der Waals surface area contributed by atoms with Gasteiger partial charge in [0.2, 0.25) is 0 Å². The minimum Gasteiger partial charge on any atom is -0.338 e. The van der Waals surface area contributed by atoms with Crippen molar-refractivity contribution in [2.75, 3.05) is 6.54 Å². The summed E-state index contributed by atoms with van der Waals surface area (Å²) in [6.07, 6.45) is 18.2. The lowest BCUT2D eigenvalue weighted by atomic mass is 9.94. The van der Waals surface area contributed by atoms with E-state index in [0.717, 1.165) is 66.8 Å². The van der Waals surface area contributed by atoms with Crippen LogP contribution in [-0.2, 0) is 9.59 Å². The van der Waals surface area contributed by atoms with Crippen LogP contribution in [0.25, 0.3) is 55.5 Å². The van der Waals surface area contributed by atoms with E-state index in [-0.39, 0.29) is 24.2 Å². The topological polar surface area (TPSA) is 67.6 Å². The molecule has 0 spiro atoms. The second-order valence-electron chi connectivity index (χ2n) is 17.7. The van der Waals surface area contributed by atoms with Gasteiger partial charge in [0.1, 0.15) is 5.57 Å². The van der Waals surface area contributed by atoms with Crippen LogP contribution in [0.3, 0.4) is 0 Å². The monoisotopic (exact) mass is 814 g/mol. The number of carbonyl (C=O) groups excluding carboxylic acids is 3. The van der Waals surface area contributed by atoms with Crippen molar-refractivity contribution in [3.05, 3.63) is 118 Å². The zero-order valence-corrected chi connectivity index (χ0v) is 37.3. The van der Waals surface area contributed by atoms with Crippen LogP contribution in [0.15, 0.2) is 107 Å². The summed E-state index contributed by atoms with van der Waals surface area (Å²) in [4.78, 5) is 46.0. The van der Waals surface area contributed by atoms with E-state index in [1.165, 1.54) is 53.2 Å². The number of aromatic nitrogens is 2. The predicted octanol–water partition coefficient (Wildman–Crippen LogP) is 12.0. The van der Waals surface area contributed by atoms with E-state index in [1.54, 1.807) is 0 Å². The van der Waals surface area contributed by atoms with Crippen LogP contribution in [0.5, 0.6) is 0 Å². The van der Waals surface area contributed by atoms with Gasteiger partial charge in [0.15, 0.2) is 0 Å². The average molecular weight is 815 g/mol. The molecule has 1 saturated heterocycles. The fourth-order valence-corrected chi connectivity index (χ4v) is 10.1. The van der Waals surface area contributed by atoms with Crippen molar-refractivity contribution in [2.24, 2.45) is 0 Å². The highest BCUT2D eigenvalue weighted by atomic mass is 16.2. The molecule has 1 saturated carbocycles. The second kappa shape index (κ2) is 17.7. The van der Waals surface area contributed by atoms with Crippen molar-refractivity contribution in [3.8, 4) is 0 Å². The fraction of sp³-hybridized carbons (Fsp3) is 0.389. The molecule has 8 rings (SSSR count). The summed E-state index contributed by atoms with van der Waals surface area (Å²) in [5.74, 6) is -0.998. The number of rotatable bonds is 14. The molecule has 2 fully saturated rings. The van der Waals surface area contributed by atoms with Crippen LogP contribution in [0.1, 0.15) is 125 Å². The van der Waals surface area contributed by atoms with Gasteiger partial charge in [-0.2, -0.15) is 0 Å². The maximum Gasteiger partial charge on any atom is 0.334 e. The van der Waals surface area contributed by atoms with Crippen molar-refractivity contribution in [1.82, 2.24) is 18.9 Å². The number of unbranched alkanes of at least 4 members (excludes halogenated alkanes) is 3. The molecule has 61 heavy (non-hydrogen) atoms. The predicted molar refractivity (Wildman–Crippen MR) is 253 cm³/mol. The molecule has 1 aliphatic heterocycles. The molecule has 2 unspecified atom stereocenters. The van der Waals surface area contributed by atoms with E-state index in [4.69, 9.17) is 0 Å². The van der Waals surface area contributed by atoms with Gasteiger partial charge in [-0.25, -0.2) is 4.79 Å². The Morgan fingerprint density at radius 2 is 1.02 bits per heavy atom. The molecule has 1 aliphatic carbocycles. The highest BCUT2D eigenvalue weighted by molar-refractivity contribution is 6.30. The fourth-order valence-electron chi connectivity index (χ4n) is 10.1. The Hall–Kier alpha value is -5.69. The van der Waals surface area contributed by atoms with Gasteiger partial charge in [0.05, 0.1) is 0 Å². The minimum atomic E-state index is -0.525. The molecule has 2 aromatic heterocycles. The van der Waals surface area contributed by atoms with Crippen molar-refractivity contribution < 1.29 is 14.4 Å². The number of imide groups is 2.